The molecule has 39 heavy (non-hydrogen) atoms. The van der Waals surface area contributed by atoms with Gasteiger partial charge in [0.15, 0.2) is 5.96 Å². The topological polar surface area (TPSA) is 84.7 Å². The van der Waals surface area contributed by atoms with Crippen molar-refractivity contribution in [2.45, 2.75) is 37.8 Å². The molecular formula is C31H35F3N4O. The molecule has 5 nitrogen and oxygen atoms in total. The summed E-state index contributed by atoms with van der Waals surface area (Å²) in [5.41, 5.74) is 11.8. The standard InChI is InChI=1S/C31H35F3N4O/c32-31(33,34)28-14-8-7-13-26(28)29(39)38(20-23-17-15-22(16-18-23)19-37-30(35)36)21-27(24-9-3-1-4-10-24)25-11-5-2-6-12-25/h1-14,22-23,27H,15-21H2,(H4,35,36,37). The van der Waals surface area contributed by atoms with Gasteiger partial charge in [-0.25, -0.2) is 0 Å². The van der Waals surface area contributed by atoms with Crippen molar-refractivity contribution in [1.29, 1.82) is 0 Å². The van der Waals surface area contributed by atoms with E-state index in [0.717, 1.165) is 42.9 Å². The number of alkyl halides is 3. The Bertz CT molecular complexity index is 1200. The van der Waals surface area contributed by atoms with Crippen LogP contribution in [0.5, 0.6) is 0 Å². The molecule has 0 unspecified atom stereocenters. The Morgan fingerprint density at radius 3 is 1.87 bits per heavy atom. The number of benzene rings is 3. The van der Waals surface area contributed by atoms with Gasteiger partial charge in [-0.2, -0.15) is 13.2 Å². The maximum Gasteiger partial charge on any atom is 0.417 e. The molecule has 3 aromatic rings. The Balaban J connectivity index is 1.64. The summed E-state index contributed by atoms with van der Waals surface area (Å²) in [4.78, 5) is 19.7. The number of nitrogens with zero attached hydrogens (tertiary/aromatic N) is 2. The second kappa shape index (κ2) is 12.8. The molecular weight excluding hydrogens is 501 g/mol. The van der Waals surface area contributed by atoms with Gasteiger partial charge in [0, 0.05) is 25.6 Å². The lowest BCUT2D eigenvalue weighted by atomic mass is 9.81. The van der Waals surface area contributed by atoms with Crippen LogP contribution in [0.4, 0.5) is 13.2 Å². The van der Waals surface area contributed by atoms with Crippen LogP contribution in [0.25, 0.3) is 0 Å². The molecule has 0 spiro atoms. The summed E-state index contributed by atoms with van der Waals surface area (Å²) < 4.78 is 41.7. The predicted molar refractivity (Wildman–Crippen MR) is 148 cm³/mol. The predicted octanol–water partition coefficient (Wildman–Crippen LogP) is 6.06. The Morgan fingerprint density at radius 2 is 1.33 bits per heavy atom. The lowest BCUT2D eigenvalue weighted by Crippen LogP contribution is -2.40. The van der Waals surface area contributed by atoms with Crippen LogP contribution in [-0.4, -0.2) is 36.4 Å². The summed E-state index contributed by atoms with van der Waals surface area (Å²) in [5, 5.41) is 0. The number of carbonyl (C=O) groups excluding carboxylic acids is 1. The molecule has 1 amide bonds. The monoisotopic (exact) mass is 536 g/mol. The average Bonchev–Trinajstić information content (AvgIpc) is 2.95. The van der Waals surface area contributed by atoms with E-state index in [1.165, 1.54) is 18.2 Å². The molecule has 0 bridgehead atoms. The first-order chi connectivity index (χ1) is 18.7. The summed E-state index contributed by atoms with van der Waals surface area (Å²) in [6.45, 7) is 1.23. The zero-order valence-corrected chi connectivity index (χ0v) is 21.9. The first-order valence-corrected chi connectivity index (χ1v) is 13.3. The van der Waals surface area contributed by atoms with Crippen LogP contribution in [0.15, 0.2) is 89.9 Å². The van der Waals surface area contributed by atoms with E-state index in [1.54, 1.807) is 4.90 Å². The third-order valence-corrected chi connectivity index (χ3v) is 7.53. The summed E-state index contributed by atoms with van der Waals surface area (Å²) in [6, 6.07) is 24.7. The molecule has 0 heterocycles. The quantitative estimate of drug-likeness (QED) is 0.258. The molecule has 1 saturated carbocycles. The Morgan fingerprint density at radius 1 is 0.821 bits per heavy atom. The van der Waals surface area contributed by atoms with Gasteiger partial charge in [-0.3, -0.25) is 9.79 Å². The van der Waals surface area contributed by atoms with E-state index in [4.69, 9.17) is 11.5 Å². The molecule has 206 valence electrons. The van der Waals surface area contributed by atoms with Crippen LogP contribution in [0, 0.1) is 11.8 Å². The third kappa shape index (κ3) is 7.62. The van der Waals surface area contributed by atoms with E-state index >= 15 is 0 Å². The van der Waals surface area contributed by atoms with Gasteiger partial charge in [-0.1, -0.05) is 72.8 Å². The molecule has 0 aromatic heterocycles. The zero-order chi connectivity index (χ0) is 27.8. The van der Waals surface area contributed by atoms with Crippen LogP contribution in [0.1, 0.15) is 58.6 Å². The average molecular weight is 537 g/mol. The summed E-state index contributed by atoms with van der Waals surface area (Å²) >= 11 is 0. The minimum atomic E-state index is -4.63. The van der Waals surface area contributed by atoms with Gasteiger partial charge in [0.05, 0.1) is 11.1 Å². The largest absolute Gasteiger partial charge is 0.417 e. The van der Waals surface area contributed by atoms with Crippen LogP contribution in [0.3, 0.4) is 0 Å². The van der Waals surface area contributed by atoms with Gasteiger partial charge < -0.3 is 16.4 Å². The minimum absolute atomic E-state index is 0.0742. The van der Waals surface area contributed by atoms with Crippen molar-refractivity contribution in [2.24, 2.45) is 28.3 Å². The van der Waals surface area contributed by atoms with Crippen molar-refractivity contribution in [3.63, 3.8) is 0 Å². The van der Waals surface area contributed by atoms with Gasteiger partial charge in [-0.15, -0.1) is 0 Å². The van der Waals surface area contributed by atoms with E-state index in [1.807, 2.05) is 60.7 Å². The number of aliphatic imine (C=N–C) groups is 1. The molecule has 1 aliphatic carbocycles. The molecule has 1 fully saturated rings. The normalized spacial score (nSPS) is 17.5. The van der Waals surface area contributed by atoms with Crippen molar-refractivity contribution in [2.75, 3.05) is 19.6 Å². The summed E-state index contributed by atoms with van der Waals surface area (Å²) in [5.74, 6) is -0.172. The highest BCUT2D eigenvalue weighted by Crippen LogP contribution is 2.35. The third-order valence-electron chi connectivity index (χ3n) is 7.53. The van der Waals surface area contributed by atoms with Crippen LogP contribution in [0.2, 0.25) is 0 Å². The molecule has 3 aromatic carbocycles. The molecule has 0 aliphatic heterocycles. The number of hydrogen-bond acceptors (Lipinski definition) is 2. The highest BCUT2D eigenvalue weighted by atomic mass is 19.4. The summed E-state index contributed by atoms with van der Waals surface area (Å²) in [6.07, 6.45) is -1.10. The Kier molecular flexibility index (Phi) is 9.28. The highest BCUT2D eigenvalue weighted by Gasteiger charge is 2.37. The van der Waals surface area contributed by atoms with E-state index < -0.39 is 17.6 Å². The molecule has 1 aliphatic rings. The molecule has 4 rings (SSSR count). The molecule has 8 heteroatoms. The van der Waals surface area contributed by atoms with Crippen molar-refractivity contribution in [1.82, 2.24) is 4.90 Å². The number of carbonyl (C=O) groups is 1. The fourth-order valence-electron chi connectivity index (χ4n) is 5.46. The van der Waals surface area contributed by atoms with Gasteiger partial charge in [0.1, 0.15) is 0 Å². The number of guanidine groups is 1. The maximum atomic E-state index is 13.9. The minimum Gasteiger partial charge on any atom is -0.370 e. The zero-order valence-electron chi connectivity index (χ0n) is 21.9. The number of halogens is 3. The lowest BCUT2D eigenvalue weighted by molar-refractivity contribution is -0.138. The Hall–Kier alpha value is -3.81. The van der Waals surface area contributed by atoms with Crippen molar-refractivity contribution >= 4 is 11.9 Å². The number of amides is 1. The van der Waals surface area contributed by atoms with Crippen LogP contribution in [-0.2, 0) is 6.18 Å². The van der Waals surface area contributed by atoms with Crippen LogP contribution >= 0.6 is 0 Å². The van der Waals surface area contributed by atoms with Gasteiger partial charge >= 0.3 is 6.18 Å². The van der Waals surface area contributed by atoms with Crippen molar-refractivity contribution in [3.05, 3.63) is 107 Å². The molecule has 4 N–H and O–H groups in total. The van der Waals surface area contributed by atoms with E-state index in [-0.39, 0.29) is 29.9 Å². The second-order valence-electron chi connectivity index (χ2n) is 10.3. The number of hydrogen-bond donors (Lipinski definition) is 2. The highest BCUT2D eigenvalue weighted by molar-refractivity contribution is 5.96. The van der Waals surface area contributed by atoms with Gasteiger partial charge in [0.25, 0.3) is 5.91 Å². The second-order valence-corrected chi connectivity index (χ2v) is 10.3. The van der Waals surface area contributed by atoms with E-state index in [2.05, 4.69) is 4.99 Å². The molecule has 0 radical (unpaired) electrons. The van der Waals surface area contributed by atoms with Crippen molar-refractivity contribution in [3.8, 4) is 0 Å². The lowest BCUT2D eigenvalue weighted by Gasteiger charge is -2.35. The SMILES string of the molecule is NC(N)=NCC1CCC(CN(CC(c2ccccc2)c2ccccc2)C(=O)c2ccccc2C(F)(F)F)CC1. The van der Waals surface area contributed by atoms with Crippen LogP contribution < -0.4 is 11.5 Å². The number of nitrogens with two attached hydrogens (primary N) is 2. The molecule has 0 atom stereocenters. The Labute approximate surface area is 227 Å². The van der Waals surface area contributed by atoms with Gasteiger partial charge in [-0.05, 0) is 60.8 Å². The van der Waals surface area contributed by atoms with E-state index in [0.29, 0.717) is 19.0 Å². The van der Waals surface area contributed by atoms with Crippen molar-refractivity contribution < 1.29 is 18.0 Å². The fourth-order valence-corrected chi connectivity index (χ4v) is 5.46. The summed E-state index contributed by atoms with van der Waals surface area (Å²) in [7, 11) is 0. The smallest absolute Gasteiger partial charge is 0.370 e. The molecule has 0 saturated heterocycles. The van der Waals surface area contributed by atoms with E-state index in [9.17, 15) is 18.0 Å². The first-order valence-electron chi connectivity index (χ1n) is 13.3. The number of rotatable bonds is 9. The first kappa shape index (κ1) is 28.2. The fraction of sp³-hybridized carbons (Fsp3) is 0.355. The van der Waals surface area contributed by atoms with Gasteiger partial charge in [0.2, 0.25) is 0 Å². The maximum absolute atomic E-state index is 13.9.